The Morgan fingerprint density at radius 1 is 1.35 bits per heavy atom. The second kappa shape index (κ2) is 7.49. The lowest BCUT2D eigenvalue weighted by molar-refractivity contribution is 0.0498. The molecule has 3 heteroatoms. The van der Waals surface area contributed by atoms with Crippen LogP contribution < -0.4 is 0 Å². The van der Waals surface area contributed by atoms with Gasteiger partial charge < -0.3 is 4.74 Å². The van der Waals surface area contributed by atoms with E-state index in [0.717, 1.165) is 35.7 Å². The second-order valence-electron chi connectivity index (χ2n) is 3.97. The number of rotatable bonds is 6. The number of aryl methyl sites for hydroxylation is 1. The molecule has 0 saturated carbocycles. The fourth-order valence-corrected chi connectivity index (χ4v) is 1.94. The first-order valence-corrected chi connectivity index (χ1v) is 7.20. The molecule has 1 aromatic carbocycles. The Bertz CT molecular complexity index is 374. The van der Waals surface area contributed by atoms with Crippen LogP contribution in [0.5, 0.6) is 0 Å². The number of hydrogen-bond acceptors (Lipinski definition) is 2. The summed E-state index contributed by atoms with van der Waals surface area (Å²) >= 11 is 3.40. The summed E-state index contributed by atoms with van der Waals surface area (Å²) in [6.45, 7) is 4.64. The van der Waals surface area contributed by atoms with Crippen LogP contribution in [0.15, 0.2) is 18.2 Å². The van der Waals surface area contributed by atoms with Crippen molar-refractivity contribution in [3.8, 4) is 0 Å². The predicted molar refractivity (Wildman–Crippen MR) is 73.6 cm³/mol. The van der Waals surface area contributed by atoms with Crippen LogP contribution in [0.25, 0.3) is 0 Å². The lowest BCUT2D eigenvalue weighted by atomic mass is 10.0. The monoisotopic (exact) mass is 298 g/mol. The molecular weight excluding hydrogens is 280 g/mol. The Labute approximate surface area is 111 Å². The number of unbranched alkanes of at least 4 members (excludes halogenated alkanes) is 1. The van der Waals surface area contributed by atoms with Crippen molar-refractivity contribution in [1.29, 1.82) is 0 Å². The number of carbonyl (C=O) groups is 1. The number of carbonyl (C=O) groups excluding carboxylic acids is 1. The zero-order valence-corrected chi connectivity index (χ0v) is 12.0. The number of halogens is 1. The second-order valence-corrected chi connectivity index (χ2v) is 4.53. The van der Waals surface area contributed by atoms with Gasteiger partial charge in [0.05, 0.1) is 12.2 Å². The molecule has 1 rings (SSSR count). The van der Waals surface area contributed by atoms with Gasteiger partial charge in [0.15, 0.2) is 0 Å². The molecule has 0 aliphatic rings. The van der Waals surface area contributed by atoms with Crippen LogP contribution in [0.2, 0.25) is 0 Å². The molecule has 0 amide bonds. The smallest absolute Gasteiger partial charge is 0.338 e. The van der Waals surface area contributed by atoms with Gasteiger partial charge in [0.1, 0.15) is 0 Å². The molecule has 0 saturated heterocycles. The molecular formula is C14H19BrO2. The van der Waals surface area contributed by atoms with Crippen LogP contribution in [0.4, 0.5) is 0 Å². The Morgan fingerprint density at radius 2 is 2.12 bits per heavy atom. The molecule has 0 heterocycles. The van der Waals surface area contributed by atoms with E-state index in [1.165, 1.54) is 0 Å². The maximum absolute atomic E-state index is 11.9. The summed E-state index contributed by atoms with van der Waals surface area (Å²) in [6, 6.07) is 5.96. The Balaban J connectivity index is 2.82. The van der Waals surface area contributed by atoms with E-state index in [-0.39, 0.29) is 5.97 Å². The molecule has 0 aliphatic carbocycles. The highest BCUT2D eigenvalue weighted by molar-refractivity contribution is 9.08. The van der Waals surface area contributed by atoms with Gasteiger partial charge in [0.2, 0.25) is 0 Å². The fourth-order valence-electron chi connectivity index (χ4n) is 1.59. The minimum Gasteiger partial charge on any atom is -0.462 e. The number of hydrogen-bond donors (Lipinski definition) is 0. The molecule has 2 nitrogen and oxygen atoms in total. The molecule has 17 heavy (non-hydrogen) atoms. The first-order valence-electron chi connectivity index (χ1n) is 6.07. The molecule has 94 valence electrons. The molecule has 0 aromatic heterocycles. The van der Waals surface area contributed by atoms with Crippen molar-refractivity contribution in [2.24, 2.45) is 0 Å². The van der Waals surface area contributed by atoms with Gasteiger partial charge in [-0.25, -0.2) is 4.79 Å². The summed E-state index contributed by atoms with van der Waals surface area (Å²) in [5, 5.41) is 0.756. The van der Waals surface area contributed by atoms with Crippen molar-refractivity contribution in [2.75, 3.05) is 6.61 Å². The van der Waals surface area contributed by atoms with E-state index in [1.54, 1.807) is 0 Å². The topological polar surface area (TPSA) is 26.3 Å². The van der Waals surface area contributed by atoms with E-state index in [1.807, 2.05) is 25.1 Å². The van der Waals surface area contributed by atoms with Crippen molar-refractivity contribution in [3.05, 3.63) is 34.9 Å². The largest absolute Gasteiger partial charge is 0.462 e. The van der Waals surface area contributed by atoms with Crippen LogP contribution in [-0.2, 0) is 16.5 Å². The molecule has 0 aliphatic heterocycles. The minimum atomic E-state index is -0.196. The quantitative estimate of drug-likeness (QED) is 0.449. The zero-order valence-electron chi connectivity index (χ0n) is 10.5. The summed E-state index contributed by atoms with van der Waals surface area (Å²) in [5.74, 6) is -0.196. The van der Waals surface area contributed by atoms with Crippen LogP contribution in [-0.4, -0.2) is 12.6 Å². The molecule has 0 fully saturated rings. The Kier molecular flexibility index (Phi) is 6.27. The Morgan fingerprint density at radius 3 is 2.71 bits per heavy atom. The van der Waals surface area contributed by atoms with Crippen molar-refractivity contribution in [2.45, 2.75) is 38.4 Å². The normalized spacial score (nSPS) is 10.3. The van der Waals surface area contributed by atoms with Crippen LogP contribution in [0.3, 0.4) is 0 Å². The molecule has 1 aromatic rings. The summed E-state index contributed by atoms with van der Waals surface area (Å²) in [4.78, 5) is 11.9. The first kappa shape index (κ1) is 14.2. The Hall–Kier alpha value is -0.830. The van der Waals surface area contributed by atoms with Gasteiger partial charge in [0, 0.05) is 5.33 Å². The summed E-state index contributed by atoms with van der Waals surface area (Å²) in [5.41, 5.74) is 2.86. The SMILES string of the molecule is CCCCOC(=O)c1cc(CBr)ccc1CC. The van der Waals surface area contributed by atoms with E-state index < -0.39 is 0 Å². The highest BCUT2D eigenvalue weighted by Crippen LogP contribution is 2.16. The van der Waals surface area contributed by atoms with Gasteiger partial charge in [-0.05, 0) is 30.0 Å². The molecule has 0 spiro atoms. The third-order valence-corrected chi connectivity index (χ3v) is 3.31. The maximum Gasteiger partial charge on any atom is 0.338 e. The number of alkyl halides is 1. The third-order valence-electron chi connectivity index (χ3n) is 2.66. The highest BCUT2D eigenvalue weighted by Gasteiger charge is 2.12. The fraction of sp³-hybridized carbons (Fsp3) is 0.500. The maximum atomic E-state index is 11.9. The van der Waals surface area contributed by atoms with E-state index in [9.17, 15) is 4.79 Å². The van der Waals surface area contributed by atoms with E-state index in [2.05, 4.69) is 22.9 Å². The van der Waals surface area contributed by atoms with Crippen molar-refractivity contribution >= 4 is 21.9 Å². The van der Waals surface area contributed by atoms with Gasteiger partial charge in [-0.1, -0.05) is 48.3 Å². The zero-order chi connectivity index (χ0) is 12.7. The average Bonchev–Trinajstić information content (AvgIpc) is 2.38. The van der Waals surface area contributed by atoms with E-state index in [0.29, 0.717) is 12.2 Å². The van der Waals surface area contributed by atoms with Gasteiger partial charge in [-0.3, -0.25) is 0 Å². The lowest BCUT2D eigenvalue weighted by Gasteiger charge is -2.09. The van der Waals surface area contributed by atoms with E-state index >= 15 is 0 Å². The number of ether oxygens (including phenoxy) is 1. The van der Waals surface area contributed by atoms with Crippen LogP contribution in [0.1, 0.15) is 48.2 Å². The van der Waals surface area contributed by atoms with Gasteiger partial charge in [-0.2, -0.15) is 0 Å². The average molecular weight is 299 g/mol. The van der Waals surface area contributed by atoms with Gasteiger partial charge in [0.25, 0.3) is 0 Å². The molecule has 0 unspecified atom stereocenters. The van der Waals surface area contributed by atoms with Crippen molar-refractivity contribution < 1.29 is 9.53 Å². The van der Waals surface area contributed by atoms with Gasteiger partial charge >= 0.3 is 5.97 Å². The van der Waals surface area contributed by atoms with Crippen LogP contribution in [0, 0.1) is 0 Å². The highest BCUT2D eigenvalue weighted by atomic mass is 79.9. The molecule has 0 atom stereocenters. The first-order chi connectivity index (χ1) is 8.22. The van der Waals surface area contributed by atoms with Gasteiger partial charge in [-0.15, -0.1) is 0 Å². The predicted octanol–water partition coefficient (Wildman–Crippen LogP) is 4.10. The third kappa shape index (κ3) is 4.15. The number of esters is 1. The number of benzene rings is 1. The summed E-state index contributed by atoms with van der Waals surface area (Å²) in [6.07, 6.45) is 2.81. The summed E-state index contributed by atoms with van der Waals surface area (Å²) in [7, 11) is 0. The molecule has 0 bridgehead atoms. The van der Waals surface area contributed by atoms with Crippen molar-refractivity contribution in [3.63, 3.8) is 0 Å². The lowest BCUT2D eigenvalue weighted by Crippen LogP contribution is -2.09. The standard InChI is InChI=1S/C14H19BrO2/c1-3-5-8-17-14(16)13-9-11(10-15)6-7-12(13)4-2/h6-7,9H,3-5,8,10H2,1-2H3. The molecule has 0 radical (unpaired) electrons. The minimum absolute atomic E-state index is 0.196. The van der Waals surface area contributed by atoms with E-state index in [4.69, 9.17) is 4.74 Å². The summed E-state index contributed by atoms with van der Waals surface area (Å²) < 4.78 is 5.26. The van der Waals surface area contributed by atoms with Crippen molar-refractivity contribution in [1.82, 2.24) is 0 Å². The molecule has 0 N–H and O–H groups in total. The van der Waals surface area contributed by atoms with Crippen LogP contribution >= 0.6 is 15.9 Å².